The predicted octanol–water partition coefficient (Wildman–Crippen LogP) is 2.05. The summed E-state index contributed by atoms with van der Waals surface area (Å²) < 4.78 is 18.5. The van der Waals surface area contributed by atoms with Crippen LogP contribution in [0.4, 0.5) is 0 Å². The molecule has 0 aromatic heterocycles. The van der Waals surface area contributed by atoms with Gasteiger partial charge in [-0.3, -0.25) is 4.79 Å². The Bertz CT molecular complexity index is 718. The number of hydrogen-bond donors (Lipinski definition) is 0. The van der Waals surface area contributed by atoms with E-state index in [2.05, 4.69) is 6.58 Å². The van der Waals surface area contributed by atoms with Crippen LogP contribution in [0.1, 0.15) is 26.3 Å². The van der Waals surface area contributed by atoms with Gasteiger partial charge in [0, 0.05) is 19.0 Å². The van der Waals surface area contributed by atoms with Crippen molar-refractivity contribution in [2.24, 2.45) is 0 Å². The van der Waals surface area contributed by atoms with Gasteiger partial charge in [0.05, 0.1) is 6.04 Å². The topological polar surface area (TPSA) is 74.1 Å². The second kappa shape index (κ2) is 7.80. The van der Waals surface area contributed by atoms with Gasteiger partial charge < -0.3 is 24.3 Å². The number of hydroxylamine groups is 1. The molecule has 0 saturated carbocycles. The number of nitrogens with zero attached hydrogens (tertiary/aromatic N) is 2. The molecule has 0 radical (unpaired) electrons. The first-order valence-electron chi connectivity index (χ1n) is 9.02. The monoisotopic (exact) mass is 374 g/mol. The van der Waals surface area contributed by atoms with Gasteiger partial charge in [0.15, 0.2) is 30.9 Å². The van der Waals surface area contributed by atoms with E-state index in [0.717, 1.165) is 10.3 Å². The van der Waals surface area contributed by atoms with Crippen LogP contribution in [0.2, 0.25) is 0 Å². The Morgan fingerprint density at radius 1 is 1.33 bits per heavy atom. The average Bonchev–Trinajstić information content (AvgIpc) is 3.04. The van der Waals surface area contributed by atoms with Crippen molar-refractivity contribution in [1.29, 1.82) is 0 Å². The molecular formula is C20H26N2O5. The van der Waals surface area contributed by atoms with Crippen LogP contribution in [-0.2, 0) is 25.5 Å². The second-order valence-corrected chi connectivity index (χ2v) is 7.23. The van der Waals surface area contributed by atoms with Crippen LogP contribution in [0.25, 0.3) is 0 Å². The molecule has 1 aromatic carbocycles. The van der Waals surface area contributed by atoms with E-state index in [1.54, 1.807) is 24.8 Å². The fourth-order valence-electron chi connectivity index (χ4n) is 3.57. The zero-order valence-electron chi connectivity index (χ0n) is 15.9. The molecule has 7 heteroatoms. The van der Waals surface area contributed by atoms with Crippen molar-refractivity contribution in [3.63, 3.8) is 0 Å². The Morgan fingerprint density at radius 2 is 2.04 bits per heavy atom. The minimum atomic E-state index is -0.809. The summed E-state index contributed by atoms with van der Waals surface area (Å²) in [6, 6.07) is 8.96. The highest BCUT2D eigenvalue weighted by Crippen LogP contribution is 2.39. The number of carbonyl (C=O) groups is 1. The Balaban J connectivity index is 1.85. The Morgan fingerprint density at radius 3 is 2.67 bits per heavy atom. The van der Waals surface area contributed by atoms with Gasteiger partial charge in [-0.15, -0.1) is 6.58 Å². The third-order valence-electron chi connectivity index (χ3n) is 4.64. The predicted molar refractivity (Wildman–Crippen MR) is 99.9 cm³/mol. The van der Waals surface area contributed by atoms with Crippen molar-refractivity contribution in [3.05, 3.63) is 53.8 Å². The van der Waals surface area contributed by atoms with E-state index in [0.29, 0.717) is 6.54 Å². The highest BCUT2D eigenvalue weighted by Gasteiger charge is 2.57. The van der Waals surface area contributed by atoms with E-state index in [1.165, 1.54) is 13.1 Å². The van der Waals surface area contributed by atoms with Crippen LogP contribution in [0.3, 0.4) is 0 Å². The van der Waals surface area contributed by atoms with Gasteiger partial charge in [-0.25, -0.2) is 4.74 Å². The molecular weight excluding hydrogens is 348 g/mol. The average molecular weight is 374 g/mol. The van der Waals surface area contributed by atoms with Crippen molar-refractivity contribution in [1.82, 2.24) is 4.90 Å². The van der Waals surface area contributed by atoms with Crippen LogP contribution >= 0.6 is 0 Å². The van der Waals surface area contributed by atoms with Crippen molar-refractivity contribution in [3.8, 4) is 0 Å². The van der Waals surface area contributed by atoms with Crippen LogP contribution < -0.4 is 0 Å². The summed E-state index contributed by atoms with van der Waals surface area (Å²) in [5, 5.41) is 12.5. The van der Waals surface area contributed by atoms with Gasteiger partial charge in [-0.1, -0.05) is 36.4 Å². The molecule has 0 aliphatic carbocycles. The molecule has 0 spiro atoms. The number of rotatable bonds is 6. The van der Waals surface area contributed by atoms with Crippen molar-refractivity contribution in [2.75, 3.05) is 6.54 Å². The fraction of sp³-hybridized carbons (Fsp3) is 0.500. The summed E-state index contributed by atoms with van der Waals surface area (Å²) in [6.07, 6.45) is 1.35. The van der Waals surface area contributed by atoms with E-state index < -0.39 is 30.3 Å². The third-order valence-corrected chi connectivity index (χ3v) is 4.64. The van der Waals surface area contributed by atoms with Gasteiger partial charge in [0.1, 0.15) is 6.10 Å². The molecule has 2 saturated heterocycles. The van der Waals surface area contributed by atoms with Crippen LogP contribution in [-0.4, -0.2) is 58.6 Å². The van der Waals surface area contributed by atoms with E-state index in [-0.39, 0.29) is 12.5 Å². The van der Waals surface area contributed by atoms with E-state index >= 15 is 0 Å². The molecule has 7 nitrogen and oxygen atoms in total. The standard InChI is InChI=1S/C20H26N2O5/c1-5-11-22(14(2)23)17-16(25-19-18(17)26-20(3,4)27-19)13-21(24)12-15-9-7-6-8-10-15/h5-10,13,16-19H,1,11-12H2,2-4H3/b21-13-/t16-,17-,18-,19-/m1/s1. The summed E-state index contributed by atoms with van der Waals surface area (Å²) in [5.41, 5.74) is 0.890. The lowest BCUT2D eigenvalue weighted by atomic mass is 10.1. The number of carbonyl (C=O) groups excluding carboxylic acids is 1. The summed E-state index contributed by atoms with van der Waals surface area (Å²) in [4.78, 5) is 13.8. The number of amides is 1. The molecule has 2 heterocycles. The third kappa shape index (κ3) is 4.37. The van der Waals surface area contributed by atoms with Gasteiger partial charge in [-0.2, -0.15) is 0 Å². The van der Waals surface area contributed by atoms with Crippen molar-refractivity contribution in [2.45, 2.75) is 57.6 Å². The molecule has 4 atom stereocenters. The zero-order valence-corrected chi connectivity index (χ0v) is 15.9. The molecule has 3 rings (SSSR count). The van der Waals surface area contributed by atoms with E-state index in [9.17, 15) is 10.0 Å². The molecule has 1 aromatic rings. The zero-order chi connectivity index (χ0) is 19.6. The van der Waals surface area contributed by atoms with Crippen LogP contribution in [0.15, 0.2) is 43.0 Å². The van der Waals surface area contributed by atoms with Gasteiger partial charge in [-0.05, 0) is 13.8 Å². The summed E-state index contributed by atoms with van der Waals surface area (Å²) in [6.45, 7) is 9.32. The van der Waals surface area contributed by atoms with Gasteiger partial charge in [0.25, 0.3) is 0 Å². The highest BCUT2D eigenvalue weighted by molar-refractivity contribution is 5.75. The summed E-state index contributed by atoms with van der Waals surface area (Å²) >= 11 is 0. The fourth-order valence-corrected chi connectivity index (χ4v) is 3.57. The lowest BCUT2D eigenvalue weighted by Crippen LogP contribution is -2.51. The Kier molecular flexibility index (Phi) is 5.64. The Hall–Kier alpha value is -2.22. The minimum Gasteiger partial charge on any atom is -0.624 e. The summed E-state index contributed by atoms with van der Waals surface area (Å²) in [7, 11) is 0. The SMILES string of the molecule is C=CCN(C(C)=O)[C@H]1[C@H]2OC(C)(C)O[C@H]2O[C@@H]1/C=[N+](\[O-])Cc1ccccc1. The maximum absolute atomic E-state index is 12.5. The van der Waals surface area contributed by atoms with Crippen molar-refractivity contribution < 1.29 is 23.7 Å². The quantitative estimate of drug-likeness (QED) is 0.250. The van der Waals surface area contributed by atoms with Gasteiger partial charge >= 0.3 is 0 Å². The molecule has 0 unspecified atom stereocenters. The molecule has 2 fully saturated rings. The first-order valence-corrected chi connectivity index (χ1v) is 9.02. The second-order valence-electron chi connectivity index (χ2n) is 7.23. The summed E-state index contributed by atoms with van der Waals surface area (Å²) in [5.74, 6) is -0.951. The largest absolute Gasteiger partial charge is 0.624 e. The maximum atomic E-state index is 12.5. The first-order chi connectivity index (χ1) is 12.8. The van der Waals surface area contributed by atoms with E-state index in [1.807, 2.05) is 30.3 Å². The molecule has 0 N–H and O–H groups in total. The Labute approximate surface area is 159 Å². The molecule has 27 heavy (non-hydrogen) atoms. The number of benzene rings is 1. The first kappa shape index (κ1) is 19.5. The van der Waals surface area contributed by atoms with Crippen LogP contribution in [0.5, 0.6) is 0 Å². The number of hydrogen-bond acceptors (Lipinski definition) is 5. The van der Waals surface area contributed by atoms with Crippen molar-refractivity contribution >= 4 is 12.1 Å². The lowest BCUT2D eigenvalue weighted by molar-refractivity contribution is -0.473. The lowest BCUT2D eigenvalue weighted by Gasteiger charge is -2.32. The molecule has 1 amide bonds. The van der Waals surface area contributed by atoms with Gasteiger partial charge in [0.2, 0.25) is 5.91 Å². The molecule has 2 aliphatic heterocycles. The smallest absolute Gasteiger partial charge is 0.220 e. The maximum Gasteiger partial charge on any atom is 0.220 e. The minimum absolute atomic E-state index is 0.142. The molecule has 146 valence electrons. The highest BCUT2D eigenvalue weighted by atomic mass is 16.8. The normalized spacial score (nSPS) is 29.4. The molecule has 0 bridgehead atoms. The van der Waals surface area contributed by atoms with E-state index in [4.69, 9.17) is 14.2 Å². The van der Waals surface area contributed by atoms with Crippen LogP contribution in [0, 0.1) is 5.21 Å². The number of ether oxygens (including phenoxy) is 3. The number of fused-ring (bicyclic) bond motifs is 1. The molecule has 2 aliphatic rings.